The van der Waals surface area contributed by atoms with E-state index in [0.29, 0.717) is 5.92 Å². The van der Waals surface area contributed by atoms with Crippen LogP contribution in [-0.4, -0.2) is 12.9 Å². The van der Waals surface area contributed by atoms with Crippen molar-refractivity contribution in [1.29, 1.82) is 0 Å². The minimum atomic E-state index is 0.0628. The smallest absolute Gasteiger partial charge is 0.165 e. The van der Waals surface area contributed by atoms with Crippen LogP contribution in [0.2, 0.25) is 0 Å². The molecule has 1 aromatic rings. The summed E-state index contributed by atoms with van der Waals surface area (Å²) in [7, 11) is 1.64. The lowest BCUT2D eigenvalue weighted by Gasteiger charge is -2.15. The van der Waals surface area contributed by atoms with E-state index in [9.17, 15) is 4.79 Å². The van der Waals surface area contributed by atoms with Crippen LogP contribution in [0.5, 0.6) is 5.75 Å². The maximum atomic E-state index is 12.1. The van der Waals surface area contributed by atoms with Gasteiger partial charge in [-0.1, -0.05) is 20.8 Å². The summed E-state index contributed by atoms with van der Waals surface area (Å²) in [5.74, 6) is 1.47. The monoisotopic (exact) mass is 220 g/mol. The molecule has 2 heteroatoms. The number of Topliss-reactive ketones (excluding diaryl/α,β-unsaturated/α-hetero) is 1. The zero-order valence-electron chi connectivity index (χ0n) is 10.7. The molecule has 88 valence electrons. The second-order valence-corrected chi connectivity index (χ2v) is 4.58. The van der Waals surface area contributed by atoms with Gasteiger partial charge < -0.3 is 4.74 Å². The topological polar surface area (TPSA) is 26.3 Å². The third-order valence-electron chi connectivity index (χ3n) is 3.09. The van der Waals surface area contributed by atoms with Gasteiger partial charge in [-0.15, -0.1) is 0 Å². The molecule has 0 aliphatic carbocycles. The fraction of sp³-hybridized carbons (Fsp3) is 0.500. The Bertz CT molecular complexity index is 380. The Labute approximate surface area is 97.6 Å². The van der Waals surface area contributed by atoms with Gasteiger partial charge in [0.1, 0.15) is 5.75 Å². The van der Waals surface area contributed by atoms with Crippen molar-refractivity contribution in [2.75, 3.05) is 7.11 Å². The molecule has 16 heavy (non-hydrogen) atoms. The number of hydrogen-bond donors (Lipinski definition) is 0. The minimum absolute atomic E-state index is 0.0628. The zero-order valence-corrected chi connectivity index (χ0v) is 10.7. The maximum absolute atomic E-state index is 12.1. The Hall–Kier alpha value is -1.31. The van der Waals surface area contributed by atoms with Crippen LogP contribution in [0.4, 0.5) is 0 Å². The Morgan fingerprint density at radius 3 is 2.31 bits per heavy atom. The number of rotatable bonds is 4. The van der Waals surface area contributed by atoms with E-state index in [0.717, 1.165) is 16.9 Å². The van der Waals surface area contributed by atoms with E-state index in [1.807, 2.05) is 32.0 Å². The summed E-state index contributed by atoms with van der Waals surface area (Å²) in [5.41, 5.74) is 1.78. The largest absolute Gasteiger partial charge is 0.496 e. The predicted octanol–water partition coefficient (Wildman–Crippen LogP) is 3.48. The van der Waals surface area contributed by atoms with Gasteiger partial charge >= 0.3 is 0 Å². The molecule has 0 saturated heterocycles. The number of aryl methyl sites for hydroxylation is 1. The summed E-state index contributed by atoms with van der Waals surface area (Å²) in [6.07, 6.45) is 0. The van der Waals surface area contributed by atoms with Gasteiger partial charge in [0.05, 0.1) is 7.11 Å². The Morgan fingerprint density at radius 2 is 1.88 bits per heavy atom. The normalized spacial score (nSPS) is 12.6. The number of carbonyl (C=O) groups is 1. The van der Waals surface area contributed by atoms with Gasteiger partial charge in [0, 0.05) is 11.5 Å². The van der Waals surface area contributed by atoms with Crippen molar-refractivity contribution in [1.82, 2.24) is 0 Å². The van der Waals surface area contributed by atoms with Gasteiger partial charge in [-0.2, -0.15) is 0 Å². The first-order valence-corrected chi connectivity index (χ1v) is 5.66. The van der Waals surface area contributed by atoms with Crippen molar-refractivity contribution in [2.24, 2.45) is 11.8 Å². The van der Waals surface area contributed by atoms with Gasteiger partial charge in [-0.25, -0.2) is 0 Å². The molecule has 0 aromatic heterocycles. The number of hydrogen-bond acceptors (Lipinski definition) is 2. The van der Waals surface area contributed by atoms with Crippen LogP contribution in [0, 0.1) is 18.8 Å². The molecule has 0 aliphatic rings. The van der Waals surface area contributed by atoms with Gasteiger partial charge in [0.15, 0.2) is 5.78 Å². The van der Waals surface area contributed by atoms with Gasteiger partial charge in [0.2, 0.25) is 0 Å². The standard InChI is InChI=1S/C14H20O2/c1-9(2)11(4)14(15)12-6-7-13(16-5)10(3)8-12/h6-9,11H,1-5H3. The lowest BCUT2D eigenvalue weighted by molar-refractivity contribution is 0.0899. The summed E-state index contributed by atoms with van der Waals surface area (Å²) >= 11 is 0. The first kappa shape index (κ1) is 12.8. The molecule has 0 amide bonds. The summed E-state index contributed by atoms with van der Waals surface area (Å²) in [6, 6.07) is 5.60. The summed E-state index contributed by atoms with van der Waals surface area (Å²) < 4.78 is 5.18. The molecule has 1 aromatic carbocycles. The average Bonchev–Trinajstić information content (AvgIpc) is 2.26. The Kier molecular flexibility index (Phi) is 4.11. The molecule has 1 rings (SSSR count). The second-order valence-electron chi connectivity index (χ2n) is 4.58. The van der Waals surface area contributed by atoms with Gasteiger partial charge in [-0.05, 0) is 36.6 Å². The highest BCUT2D eigenvalue weighted by molar-refractivity contribution is 5.98. The summed E-state index contributed by atoms with van der Waals surface area (Å²) in [6.45, 7) is 8.07. The van der Waals surface area contributed by atoms with Crippen molar-refractivity contribution in [3.05, 3.63) is 29.3 Å². The molecule has 0 N–H and O–H groups in total. The van der Waals surface area contributed by atoms with Crippen molar-refractivity contribution in [3.8, 4) is 5.75 Å². The molecule has 2 nitrogen and oxygen atoms in total. The van der Waals surface area contributed by atoms with Crippen LogP contribution in [0.25, 0.3) is 0 Å². The van der Waals surface area contributed by atoms with Crippen LogP contribution in [-0.2, 0) is 0 Å². The zero-order chi connectivity index (χ0) is 12.3. The number of carbonyl (C=O) groups excluding carboxylic acids is 1. The van der Waals surface area contributed by atoms with E-state index in [1.165, 1.54) is 0 Å². The molecule has 0 bridgehead atoms. The fourth-order valence-electron chi connectivity index (χ4n) is 1.60. The van der Waals surface area contributed by atoms with E-state index in [-0.39, 0.29) is 11.7 Å². The molecule has 1 atom stereocenters. The number of benzene rings is 1. The minimum Gasteiger partial charge on any atom is -0.496 e. The van der Waals surface area contributed by atoms with E-state index in [4.69, 9.17) is 4.74 Å². The van der Waals surface area contributed by atoms with Crippen LogP contribution in [0.3, 0.4) is 0 Å². The molecule has 0 saturated carbocycles. The van der Waals surface area contributed by atoms with Crippen molar-refractivity contribution >= 4 is 5.78 Å². The number of methoxy groups -OCH3 is 1. The van der Waals surface area contributed by atoms with Crippen LogP contribution < -0.4 is 4.74 Å². The molecule has 0 spiro atoms. The van der Waals surface area contributed by atoms with Crippen LogP contribution in [0.1, 0.15) is 36.7 Å². The molecule has 1 unspecified atom stereocenters. The highest BCUT2D eigenvalue weighted by Crippen LogP contribution is 2.22. The van der Waals surface area contributed by atoms with E-state index in [1.54, 1.807) is 7.11 Å². The summed E-state index contributed by atoms with van der Waals surface area (Å²) in [5, 5.41) is 0. The van der Waals surface area contributed by atoms with Crippen LogP contribution in [0.15, 0.2) is 18.2 Å². The maximum Gasteiger partial charge on any atom is 0.165 e. The highest BCUT2D eigenvalue weighted by atomic mass is 16.5. The Balaban J connectivity index is 2.97. The number of ether oxygens (including phenoxy) is 1. The van der Waals surface area contributed by atoms with E-state index in [2.05, 4.69) is 13.8 Å². The molecular formula is C14H20O2. The van der Waals surface area contributed by atoms with Gasteiger partial charge in [-0.3, -0.25) is 4.79 Å². The highest BCUT2D eigenvalue weighted by Gasteiger charge is 2.18. The van der Waals surface area contributed by atoms with Crippen molar-refractivity contribution in [3.63, 3.8) is 0 Å². The first-order chi connectivity index (χ1) is 7.47. The van der Waals surface area contributed by atoms with E-state index < -0.39 is 0 Å². The average molecular weight is 220 g/mol. The van der Waals surface area contributed by atoms with Crippen molar-refractivity contribution in [2.45, 2.75) is 27.7 Å². The van der Waals surface area contributed by atoms with Gasteiger partial charge in [0.25, 0.3) is 0 Å². The SMILES string of the molecule is COc1ccc(C(=O)C(C)C(C)C)cc1C. The van der Waals surface area contributed by atoms with E-state index >= 15 is 0 Å². The quantitative estimate of drug-likeness (QED) is 0.726. The fourth-order valence-corrected chi connectivity index (χ4v) is 1.60. The predicted molar refractivity (Wildman–Crippen MR) is 66.1 cm³/mol. The third kappa shape index (κ3) is 2.63. The summed E-state index contributed by atoms with van der Waals surface area (Å²) in [4.78, 5) is 12.1. The van der Waals surface area contributed by atoms with Crippen LogP contribution >= 0.6 is 0 Å². The molecule has 0 radical (unpaired) electrons. The lowest BCUT2D eigenvalue weighted by Crippen LogP contribution is -2.17. The Morgan fingerprint density at radius 1 is 1.25 bits per heavy atom. The molecular weight excluding hydrogens is 200 g/mol. The van der Waals surface area contributed by atoms with Crippen molar-refractivity contribution < 1.29 is 9.53 Å². The molecule has 0 fully saturated rings. The first-order valence-electron chi connectivity index (χ1n) is 5.66. The third-order valence-corrected chi connectivity index (χ3v) is 3.09. The second kappa shape index (κ2) is 5.15. The molecule has 0 aliphatic heterocycles. The lowest BCUT2D eigenvalue weighted by atomic mass is 9.89. The number of ketones is 1. The molecule has 0 heterocycles.